The van der Waals surface area contributed by atoms with Gasteiger partial charge in [0.2, 0.25) is 15.7 Å². The molecule has 0 aliphatic carbocycles. The normalized spacial score (nSPS) is 12.3. The summed E-state index contributed by atoms with van der Waals surface area (Å²) in [7, 11) is -3.75. The number of aryl methyl sites for hydroxylation is 2. The number of nitrogens with zero attached hydrogens (tertiary/aromatic N) is 2. The number of benzene rings is 2. The molecule has 5 nitrogen and oxygen atoms in total. The quantitative estimate of drug-likeness (QED) is 0.679. The molecule has 0 fully saturated rings. The Morgan fingerprint density at radius 3 is 2.23 bits per heavy atom. The molecule has 0 N–H and O–H groups in total. The molecule has 1 aromatic heterocycles. The molecule has 136 valence electrons. The number of halogens is 3. The molecule has 0 bridgehead atoms. The Balaban J connectivity index is 1.97. The van der Waals surface area contributed by atoms with Crippen molar-refractivity contribution in [1.29, 1.82) is 0 Å². The highest BCUT2D eigenvalue weighted by atomic mass is 32.2. The van der Waals surface area contributed by atoms with Crippen LogP contribution >= 0.6 is 0 Å². The highest BCUT2D eigenvalue weighted by Crippen LogP contribution is 2.30. The number of hydrogen-bond acceptors (Lipinski definition) is 5. The maximum atomic E-state index is 12.8. The first-order chi connectivity index (χ1) is 12.1. The Morgan fingerprint density at radius 2 is 1.65 bits per heavy atom. The van der Waals surface area contributed by atoms with Crippen molar-refractivity contribution in [3.8, 4) is 11.4 Å². The molecular formula is C17H13F3N2O3S. The fraction of sp³-hybridized carbons (Fsp3) is 0.176. The van der Waals surface area contributed by atoms with Gasteiger partial charge >= 0.3 is 12.1 Å². The molecular weight excluding hydrogens is 369 g/mol. The van der Waals surface area contributed by atoms with E-state index in [1.165, 1.54) is 24.3 Å². The molecule has 2 aromatic carbocycles. The van der Waals surface area contributed by atoms with Crippen LogP contribution in [-0.4, -0.2) is 18.6 Å². The zero-order chi connectivity index (χ0) is 19.1. The summed E-state index contributed by atoms with van der Waals surface area (Å²) in [5, 5.41) is 3.27. The van der Waals surface area contributed by atoms with E-state index in [1.54, 1.807) is 26.0 Å². The third-order valence-electron chi connectivity index (χ3n) is 3.72. The first kappa shape index (κ1) is 18.1. The van der Waals surface area contributed by atoms with Gasteiger partial charge in [-0.25, -0.2) is 8.42 Å². The molecule has 0 aliphatic heterocycles. The van der Waals surface area contributed by atoms with Gasteiger partial charge in [-0.2, -0.15) is 18.2 Å². The molecule has 0 saturated carbocycles. The average Bonchev–Trinajstić information content (AvgIpc) is 3.07. The van der Waals surface area contributed by atoms with E-state index >= 15 is 0 Å². The second-order valence-corrected chi connectivity index (χ2v) is 7.64. The summed E-state index contributed by atoms with van der Waals surface area (Å²) in [5.74, 6) is -1.73. The summed E-state index contributed by atoms with van der Waals surface area (Å²) in [6, 6.07) is 10.4. The van der Waals surface area contributed by atoms with E-state index in [-0.39, 0.29) is 21.2 Å². The minimum absolute atomic E-state index is 0.0227. The van der Waals surface area contributed by atoms with Crippen molar-refractivity contribution in [3.05, 3.63) is 59.5 Å². The second kappa shape index (κ2) is 6.24. The maximum absolute atomic E-state index is 12.8. The van der Waals surface area contributed by atoms with Crippen molar-refractivity contribution in [2.75, 3.05) is 0 Å². The van der Waals surface area contributed by atoms with E-state index in [1.807, 2.05) is 6.07 Å². The van der Waals surface area contributed by atoms with Crippen LogP contribution in [-0.2, 0) is 16.0 Å². The standard InChI is InChI=1S/C17H13F3N2O3S/c1-10-3-4-11(2)14(9-10)26(23,24)13-7-5-12(6-8-13)15-21-16(25-22-15)17(18,19)20/h3-9H,1-2H3. The van der Waals surface area contributed by atoms with Gasteiger partial charge < -0.3 is 4.52 Å². The van der Waals surface area contributed by atoms with E-state index in [0.717, 1.165) is 5.56 Å². The molecule has 3 aromatic rings. The predicted octanol–water partition coefficient (Wildman–Crippen LogP) is 4.21. The minimum Gasteiger partial charge on any atom is -0.329 e. The number of rotatable bonds is 3. The van der Waals surface area contributed by atoms with Gasteiger partial charge in [0.05, 0.1) is 9.79 Å². The zero-order valence-corrected chi connectivity index (χ0v) is 14.5. The van der Waals surface area contributed by atoms with Crippen LogP contribution in [0.25, 0.3) is 11.4 Å². The lowest BCUT2D eigenvalue weighted by Crippen LogP contribution is -2.05. The summed E-state index contributed by atoms with van der Waals surface area (Å²) in [4.78, 5) is 3.48. The summed E-state index contributed by atoms with van der Waals surface area (Å²) in [6.45, 7) is 3.48. The number of sulfone groups is 1. The van der Waals surface area contributed by atoms with Gasteiger partial charge in [0, 0.05) is 5.56 Å². The fourth-order valence-corrected chi connectivity index (χ4v) is 3.94. The van der Waals surface area contributed by atoms with Crippen LogP contribution in [0.5, 0.6) is 0 Å². The average molecular weight is 382 g/mol. The second-order valence-electron chi connectivity index (χ2n) is 5.72. The largest absolute Gasteiger partial charge is 0.471 e. The number of alkyl halides is 3. The van der Waals surface area contributed by atoms with E-state index in [4.69, 9.17) is 0 Å². The lowest BCUT2D eigenvalue weighted by atomic mass is 10.2. The Kier molecular flexibility index (Phi) is 4.35. The first-order valence-corrected chi connectivity index (χ1v) is 8.91. The van der Waals surface area contributed by atoms with E-state index in [2.05, 4.69) is 14.7 Å². The van der Waals surface area contributed by atoms with Crippen LogP contribution in [0.2, 0.25) is 0 Å². The highest BCUT2D eigenvalue weighted by Gasteiger charge is 2.38. The minimum atomic E-state index is -4.74. The van der Waals surface area contributed by atoms with Gasteiger partial charge in [-0.15, -0.1) is 0 Å². The number of hydrogen-bond donors (Lipinski definition) is 0. The van der Waals surface area contributed by atoms with Crippen molar-refractivity contribution in [1.82, 2.24) is 10.1 Å². The Bertz CT molecular complexity index is 1060. The molecule has 0 amide bonds. The zero-order valence-electron chi connectivity index (χ0n) is 13.7. The Hall–Kier alpha value is -2.68. The molecule has 9 heteroatoms. The van der Waals surface area contributed by atoms with E-state index in [0.29, 0.717) is 5.56 Å². The molecule has 0 aliphatic rings. The summed E-state index contributed by atoms with van der Waals surface area (Å²) < 4.78 is 67.3. The van der Waals surface area contributed by atoms with Crippen molar-refractivity contribution in [2.45, 2.75) is 29.8 Å². The van der Waals surface area contributed by atoms with E-state index in [9.17, 15) is 21.6 Å². The lowest BCUT2D eigenvalue weighted by molar-refractivity contribution is -0.159. The van der Waals surface area contributed by atoms with Gasteiger partial charge in [0.15, 0.2) is 0 Å². The summed E-state index contributed by atoms with van der Waals surface area (Å²) in [5.41, 5.74) is 1.62. The molecule has 0 spiro atoms. The smallest absolute Gasteiger partial charge is 0.329 e. The van der Waals surface area contributed by atoms with Crippen molar-refractivity contribution >= 4 is 9.84 Å². The summed E-state index contributed by atoms with van der Waals surface area (Å²) >= 11 is 0. The summed E-state index contributed by atoms with van der Waals surface area (Å²) in [6.07, 6.45) is -4.74. The third-order valence-corrected chi connectivity index (χ3v) is 5.64. The van der Waals surface area contributed by atoms with Crippen LogP contribution in [0, 0.1) is 13.8 Å². The van der Waals surface area contributed by atoms with E-state index < -0.39 is 21.9 Å². The molecule has 0 unspecified atom stereocenters. The van der Waals surface area contributed by atoms with Gasteiger partial charge in [-0.05, 0) is 55.3 Å². The van der Waals surface area contributed by atoms with Crippen LogP contribution in [0.15, 0.2) is 56.8 Å². The van der Waals surface area contributed by atoms with Crippen molar-refractivity contribution < 1.29 is 26.1 Å². The third kappa shape index (κ3) is 3.34. The van der Waals surface area contributed by atoms with Crippen molar-refractivity contribution in [2.24, 2.45) is 0 Å². The first-order valence-electron chi connectivity index (χ1n) is 7.43. The topological polar surface area (TPSA) is 73.1 Å². The van der Waals surface area contributed by atoms with Gasteiger partial charge in [-0.3, -0.25) is 0 Å². The van der Waals surface area contributed by atoms with Gasteiger partial charge in [-0.1, -0.05) is 17.3 Å². The van der Waals surface area contributed by atoms with Gasteiger partial charge in [0.25, 0.3) is 0 Å². The van der Waals surface area contributed by atoms with Gasteiger partial charge in [0.1, 0.15) is 0 Å². The maximum Gasteiger partial charge on any atom is 0.471 e. The molecule has 1 heterocycles. The van der Waals surface area contributed by atoms with Crippen LogP contribution in [0.3, 0.4) is 0 Å². The highest BCUT2D eigenvalue weighted by molar-refractivity contribution is 7.91. The molecule has 0 radical (unpaired) electrons. The predicted molar refractivity (Wildman–Crippen MR) is 86.1 cm³/mol. The van der Waals surface area contributed by atoms with Crippen LogP contribution in [0.1, 0.15) is 17.0 Å². The molecule has 0 saturated heterocycles. The molecule has 26 heavy (non-hydrogen) atoms. The Morgan fingerprint density at radius 1 is 1.00 bits per heavy atom. The SMILES string of the molecule is Cc1ccc(C)c(S(=O)(=O)c2ccc(-c3noc(C(F)(F)F)n3)cc2)c1. The number of aromatic nitrogens is 2. The van der Waals surface area contributed by atoms with Crippen LogP contribution in [0.4, 0.5) is 13.2 Å². The molecule has 3 rings (SSSR count). The fourth-order valence-electron chi connectivity index (χ4n) is 2.36. The van der Waals surface area contributed by atoms with Crippen molar-refractivity contribution in [3.63, 3.8) is 0 Å². The lowest BCUT2D eigenvalue weighted by Gasteiger charge is -2.09. The molecule has 0 atom stereocenters. The Labute approximate surface area is 147 Å². The monoisotopic (exact) mass is 382 g/mol. The van der Waals surface area contributed by atoms with Crippen LogP contribution < -0.4 is 0 Å².